The van der Waals surface area contributed by atoms with E-state index in [1.807, 2.05) is 30.3 Å². The van der Waals surface area contributed by atoms with Crippen LogP contribution in [0.25, 0.3) is 0 Å². The third-order valence-corrected chi connectivity index (χ3v) is 5.04. The van der Waals surface area contributed by atoms with Crippen LogP contribution in [0.2, 0.25) is 0 Å². The minimum absolute atomic E-state index is 0.0303. The van der Waals surface area contributed by atoms with Crippen LogP contribution in [0.3, 0.4) is 0 Å². The number of carbonyl (C=O) groups excluding carboxylic acids is 1. The first-order valence-electron chi connectivity index (χ1n) is 10.9. The van der Waals surface area contributed by atoms with E-state index in [1.54, 1.807) is 18.2 Å². The summed E-state index contributed by atoms with van der Waals surface area (Å²) in [5, 5.41) is 5.75. The van der Waals surface area contributed by atoms with Crippen molar-refractivity contribution < 1.29 is 19.0 Å². The second-order valence-electron chi connectivity index (χ2n) is 7.39. The molecule has 0 aliphatic heterocycles. The molecule has 0 fully saturated rings. The lowest BCUT2D eigenvalue weighted by Crippen LogP contribution is -2.36. The van der Waals surface area contributed by atoms with Gasteiger partial charge in [-0.1, -0.05) is 43.0 Å². The molecule has 35 heavy (non-hydrogen) atoms. The zero-order valence-electron chi connectivity index (χ0n) is 19.6. The van der Waals surface area contributed by atoms with Crippen molar-refractivity contribution in [1.29, 1.82) is 0 Å². The maximum atomic E-state index is 13.2. The summed E-state index contributed by atoms with van der Waals surface area (Å²) in [5.41, 5.74) is -0.110. The highest BCUT2D eigenvalue weighted by Gasteiger charge is 2.19. The van der Waals surface area contributed by atoms with Gasteiger partial charge < -0.3 is 24.8 Å². The molecule has 0 atom stereocenters. The van der Waals surface area contributed by atoms with E-state index in [1.165, 1.54) is 24.9 Å². The number of nitrogens with zero attached hydrogens (tertiary/aromatic N) is 1. The predicted octanol–water partition coefficient (Wildman–Crippen LogP) is 2.62. The standard InChI is InChI=1S/C25H28N4O6/c1-4-13-35-19-11-10-18(15-20(19)34-3)23(30)27-22-21(26-16-17-8-6-5-7-9-17)24(31)28-25(32)29(22)12-14-33-2/h4-11,15,26H,1,12-14,16H2,2-3H3,(H,27,30)(H,28,31,32). The first-order valence-corrected chi connectivity index (χ1v) is 10.9. The van der Waals surface area contributed by atoms with Crippen LogP contribution >= 0.6 is 0 Å². The van der Waals surface area contributed by atoms with Gasteiger partial charge in [0.2, 0.25) is 0 Å². The van der Waals surface area contributed by atoms with Crippen molar-refractivity contribution in [2.24, 2.45) is 0 Å². The third-order valence-electron chi connectivity index (χ3n) is 5.04. The van der Waals surface area contributed by atoms with Crippen LogP contribution in [0.4, 0.5) is 11.5 Å². The van der Waals surface area contributed by atoms with Gasteiger partial charge in [0.15, 0.2) is 11.5 Å². The van der Waals surface area contributed by atoms with Crippen LogP contribution in [0.5, 0.6) is 11.5 Å². The molecule has 1 amide bonds. The SMILES string of the molecule is C=CCOc1ccc(C(=O)Nc2c(NCc3ccccc3)c(=O)[nH]c(=O)n2CCOC)cc1OC. The lowest BCUT2D eigenvalue weighted by Gasteiger charge is -2.18. The zero-order valence-corrected chi connectivity index (χ0v) is 19.6. The molecule has 0 aliphatic rings. The van der Waals surface area contributed by atoms with Crippen LogP contribution < -0.4 is 31.4 Å². The summed E-state index contributed by atoms with van der Waals surface area (Å²) in [5.74, 6) is 0.284. The van der Waals surface area contributed by atoms with Crippen LogP contribution in [-0.4, -0.2) is 42.9 Å². The average molecular weight is 481 g/mol. The van der Waals surface area contributed by atoms with E-state index in [9.17, 15) is 14.4 Å². The van der Waals surface area contributed by atoms with Crippen molar-refractivity contribution in [1.82, 2.24) is 9.55 Å². The van der Waals surface area contributed by atoms with Gasteiger partial charge in [0.25, 0.3) is 11.5 Å². The van der Waals surface area contributed by atoms with Crippen molar-refractivity contribution in [3.05, 3.63) is 93.2 Å². The molecular formula is C25H28N4O6. The molecule has 3 N–H and O–H groups in total. The van der Waals surface area contributed by atoms with Crippen molar-refractivity contribution >= 4 is 17.4 Å². The molecule has 0 spiro atoms. The minimum atomic E-state index is -0.668. The fourth-order valence-electron chi connectivity index (χ4n) is 3.30. The molecule has 3 aromatic rings. The Morgan fingerprint density at radius 2 is 1.89 bits per heavy atom. The Kier molecular flexibility index (Phi) is 8.85. The number of anilines is 2. The Bertz CT molecular complexity index is 1280. The highest BCUT2D eigenvalue weighted by molar-refractivity contribution is 6.05. The number of carbonyl (C=O) groups is 1. The van der Waals surface area contributed by atoms with E-state index in [4.69, 9.17) is 14.2 Å². The normalized spacial score (nSPS) is 10.5. The Balaban J connectivity index is 1.97. The number of nitrogens with one attached hydrogen (secondary N) is 3. The number of benzene rings is 2. The number of rotatable bonds is 12. The topological polar surface area (TPSA) is 124 Å². The summed E-state index contributed by atoms with van der Waals surface area (Å²) in [7, 11) is 2.95. The lowest BCUT2D eigenvalue weighted by atomic mass is 10.2. The largest absolute Gasteiger partial charge is 0.493 e. The highest BCUT2D eigenvalue weighted by atomic mass is 16.5. The molecule has 0 saturated carbocycles. The summed E-state index contributed by atoms with van der Waals surface area (Å²) in [6.45, 7) is 4.49. The number of amides is 1. The molecule has 2 aromatic carbocycles. The summed E-state index contributed by atoms with van der Waals surface area (Å²) >= 11 is 0. The average Bonchev–Trinajstić information content (AvgIpc) is 2.87. The minimum Gasteiger partial charge on any atom is -0.493 e. The van der Waals surface area contributed by atoms with Gasteiger partial charge in [-0.15, -0.1) is 0 Å². The molecule has 0 saturated heterocycles. The Morgan fingerprint density at radius 3 is 2.57 bits per heavy atom. The molecule has 0 bridgehead atoms. The van der Waals surface area contributed by atoms with Gasteiger partial charge in [0.05, 0.1) is 20.3 Å². The maximum Gasteiger partial charge on any atom is 0.330 e. The molecule has 10 heteroatoms. The van der Waals surface area contributed by atoms with Crippen LogP contribution in [0.15, 0.2) is 70.8 Å². The number of methoxy groups -OCH3 is 2. The fraction of sp³-hybridized carbons (Fsp3) is 0.240. The van der Waals surface area contributed by atoms with Gasteiger partial charge >= 0.3 is 5.69 Å². The van der Waals surface area contributed by atoms with Crippen molar-refractivity contribution in [2.45, 2.75) is 13.1 Å². The second kappa shape index (κ2) is 12.2. The quantitative estimate of drug-likeness (QED) is 0.341. The zero-order chi connectivity index (χ0) is 25.2. The number of H-pyrrole nitrogens is 1. The fourth-order valence-corrected chi connectivity index (χ4v) is 3.30. The van der Waals surface area contributed by atoms with Crippen LogP contribution in [0, 0.1) is 0 Å². The van der Waals surface area contributed by atoms with E-state index in [2.05, 4.69) is 22.2 Å². The first-order chi connectivity index (χ1) is 17.0. The molecule has 0 radical (unpaired) electrons. The number of aromatic amines is 1. The Morgan fingerprint density at radius 1 is 1.11 bits per heavy atom. The van der Waals surface area contributed by atoms with Gasteiger partial charge in [-0.2, -0.15) is 0 Å². The highest BCUT2D eigenvalue weighted by Crippen LogP contribution is 2.28. The number of hydrogen-bond acceptors (Lipinski definition) is 7. The molecule has 10 nitrogen and oxygen atoms in total. The van der Waals surface area contributed by atoms with E-state index in [0.717, 1.165) is 5.56 Å². The van der Waals surface area contributed by atoms with Crippen LogP contribution in [-0.2, 0) is 17.8 Å². The van der Waals surface area contributed by atoms with Gasteiger partial charge in [-0.3, -0.25) is 19.1 Å². The monoisotopic (exact) mass is 480 g/mol. The van der Waals surface area contributed by atoms with Gasteiger partial charge in [-0.25, -0.2) is 4.79 Å². The number of ether oxygens (including phenoxy) is 3. The van der Waals surface area contributed by atoms with E-state index < -0.39 is 17.2 Å². The van der Waals surface area contributed by atoms with Gasteiger partial charge in [0.1, 0.15) is 18.1 Å². The smallest absolute Gasteiger partial charge is 0.330 e. The lowest BCUT2D eigenvalue weighted by molar-refractivity contribution is 0.102. The Labute approximate surface area is 202 Å². The second-order valence-corrected chi connectivity index (χ2v) is 7.39. The molecule has 0 aliphatic carbocycles. The van der Waals surface area contributed by atoms with Gasteiger partial charge in [0, 0.05) is 19.2 Å². The molecule has 184 valence electrons. The summed E-state index contributed by atoms with van der Waals surface area (Å²) in [6.07, 6.45) is 1.59. The maximum absolute atomic E-state index is 13.2. The number of hydrogen-bond donors (Lipinski definition) is 3. The van der Waals surface area contributed by atoms with E-state index in [-0.39, 0.29) is 36.8 Å². The molecule has 0 unspecified atom stereocenters. The number of aromatic nitrogens is 2. The van der Waals surface area contributed by atoms with Crippen molar-refractivity contribution in [3.8, 4) is 11.5 Å². The van der Waals surface area contributed by atoms with E-state index in [0.29, 0.717) is 18.0 Å². The molecular weight excluding hydrogens is 452 g/mol. The molecule has 1 heterocycles. The third kappa shape index (κ3) is 6.39. The van der Waals surface area contributed by atoms with Crippen molar-refractivity contribution in [3.63, 3.8) is 0 Å². The first kappa shape index (κ1) is 25.3. The molecule has 1 aromatic heterocycles. The summed E-state index contributed by atoms with van der Waals surface area (Å²) in [6, 6.07) is 14.1. The van der Waals surface area contributed by atoms with E-state index >= 15 is 0 Å². The molecule has 3 rings (SSSR count). The Hall–Kier alpha value is -4.31. The summed E-state index contributed by atoms with van der Waals surface area (Å²) in [4.78, 5) is 40.8. The summed E-state index contributed by atoms with van der Waals surface area (Å²) < 4.78 is 17.2. The van der Waals surface area contributed by atoms with Crippen molar-refractivity contribution in [2.75, 3.05) is 38.1 Å². The van der Waals surface area contributed by atoms with Gasteiger partial charge in [-0.05, 0) is 23.8 Å². The van der Waals surface area contributed by atoms with Crippen LogP contribution in [0.1, 0.15) is 15.9 Å². The predicted molar refractivity (Wildman–Crippen MR) is 134 cm³/mol.